The first kappa shape index (κ1) is 27.8. The summed E-state index contributed by atoms with van der Waals surface area (Å²) < 4.78 is 24.6. The zero-order chi connectivity index (χ0) is 28.6. The van der Waals surface area contributed by atoms with Crippen molar-refractivity contribution in [1.29, 1.82) is 0 Å². The maximum absolute atomic E-state index is 12.9. The molecule has 0 aromatic heterocycles. The maximum atomic E-state index is 12.9. The number of esters is 2. The first-order valence-electron chi connectivity index (χ1n) is 14.3. The van der Waals surface area contributed by atoms with Gasteiger partial charge in [-0.3, -0.25) is 0 Å². The number of carbonyl (C=O) groups excluding carboxylic acids is 2. The minimum atomic E-state index is -0.996. The summed E-state index contributed by atoms with van der Waals surface area (Å²) in [6, 6.07) is 19.1. The van der Waals surface area contributed by atoms with Crippen LogP contribution in [0, 0.1) is 23.7 Å². The third-order valence-corrected chi connectivity index (χ3v) is 9.11. The number of hydrogen-bond donors (Lipinski definition) is 0. The van der Waals surface area contributed by atoms with Gasteiger partial charge in [0.1, 0.15) is 6.10 Å². The molecule has 7 rings (SSSR count). The quantitative estimate of drug-likeness (QED) is 0.253. The molecule has 1 spiro atoms. The SMILES string of the molecule is C[C@@H]1[C@H](OC(=O)/C=C/c2ccccc2)C[C@H]2[C@@H](C)[C@H](OC(=O)/C=C/c3ccccc3)O[C@@H]3O[C@@]4(C)CC[C@@H]1[C@]32OO4. The number of fused-ring (bicyclic) bond motifs is 2. The lowest BCUT2D eigenvalue weighted by Gasteiger charge is -2.60. The lowest BCUT2D eigenvalue weighted by atomic mass is 9.57. The van der Waals surface area contributed by atoms with Gasteiger partial charge in [0, 0.05) is 36.3 Å². The predicted octanol–water partition coefficient (Wildman–Crippen LogP) is 5.69. The highest BCUT2D eigenvalue weighted by molar-refractivity contribution is 5.87. The maximum Gasteiger partial charge on any atom is 0.333 e. The van der Waals surface area contributed by atoms with Gasteiger partial charge in [0.15, 0.2) is 11.9 Å². The molecule has 5 fully saturated rings. The molecule has 4 aliphatic heterocycles. The highest BCUT2D eigenvalue weighted by Gasteiger charge is 2.71. The summed E-state index contributed by atoms with van der Waals surface area (Å²) in [6.45, 7) is 5.88. The molecule has 2 aromatic rings. The number of hydrogen-bond acceptors (Lipinski definition) is 8. The zero-order valence-corrected chi connectivity index (χ0v) is 23.5. The molecule has 4 heterocycles. The summed E-state index contributed by atoms with van der Waals surface area (Å²) in [5, 5.41) is 0. The Bertz CT molecular complexity index is 1310. The molecule has 2 aromatic carbocycles. The lowest BCUT2D eigenvalue weighted by molar-refractivity contribution is -0.577. The Morgan fingerprint density at radius 3 is 2.07 bits per heavy atom. The third kappa shape index (κ3) is 5.37. The van der Waals surface area contributed by atoms with E-state index in [0.29, 0.717) is 12.8 Å². The van der Waals surface area contributed by atoms with Crippen LogP contribution in [0.2, 0.25) is 0 Å². The molecule has 1 saturated carbocycles. The van der Waals surface area contributed by atoms with E-state index in [1.165, 1.54) is 12.2 Å². The minimum Gasteiger partial charge on any atom is -0.459 e. The van der Waals surface area contributed by atoms with E-state index >= 15 is 0 Å². The molecule has 1 aliphatic carbocycles. The van der Waals surface area contributed by atoms with Crippen LogP contribution in [0.3, 0.4) is 0 Å². The Morgan fingerprint density at radius 1 is 0.829 bits per heavy atom. The van der Waals surface area contributed by atoms with Crippen LogP contribution in [0.4, 0.5) is 0 Å². The van der Waals surface area contributed by atoms with Gasteiger partial charge in [0.05, 0.1) is 0 Å². The summed E-state index contributed by atoms with van der Waals surface area (Å²) in [5.74, 6) is -2.53. The van der Waals surface area contributed by atoms with E-state index in [9.17, 15) is 9.59 Å². The van der Waals surface area contributed by atoms with E-state index in [1.54, 1.807) is 12.2 Å². The third-order valence-electron chi connectivity index (χ3n) is 9.11. The zero-order valence-electron chi connectivity index (χ0n) is 23.5. The smallest absolute Gasteiger partial charge is 0.333 e. The van der Waals surface area contributed by atoms with E-state index < -0.39 is 35.9 Å². The van der Waals surface area contributed by atoms with Crippen LogP contribution in [-0.4, -0.2) is 42.0 Å². The van der Waals surface area contributed by atoms with Crippen LogP contribution in [-0.2, 0) is 38.3 Å². The van der Waals surface area contributed by atoms with Gasteiger partial charge in [-0.05, 0) is 49.0 Å². The standard InChI is InChI=1S/C33H36O8/c1-21-25-18-19-32(3)39-31-33(25,41-40-32)26(20-27(21)36-28(34)16-14-23-10-6-4-7-11-23)22(2)30(38-31)37-29(35)17-15-24-12-8-5-9-13-24/h4-17,21-22,25-27,30-31H,18-20H2,1-3H3/b16-14+,17-15+/t21-,22+,25-,26-,27+,30+,31+,32+,33+/m0/s1. The van der Waals surface area contributed by atoms with Gasteiger partial charge < -0.3 is 18.9 Å². The molecule has 0 radical (unpaired) electrons. The summed E-state index contributed by atoms with van der Waals surface area (Å²) >= 11 is 0. The van der Waals surface area contributed by atoms with E-state index in [-0.39, 0.29) is 29.8 Å². The second-order valence-corrected chi connectivity index (χ2v) is 11.7. The van der Waals surface area contributed by atoms with E-state index in [1.807, 2.05) is 74.5 Å². The largest absolute Gasteiger partial charge is 0.459 e. The fourth-order valence-electron chi connectivity index (χ4n) is 6.90. The number of ether oxygens (including phenoxy) is 4. The second-order valence-electron chi connectivity index (χ2n) is 11.7. The van der Waals surface area contributed by atoms with Gasteiger partial charge in [-0.1, -0.05) is 74.5 Å². The molecule has 41 heavy (non-hydrogen) atoms. The Hall–Kier alpha value is -3.30. The average molecular weight is 561 g/mol. The normalized spacial score (nSPS) is 37.9. The van der Waals surface area contributed by atoms with Crippen molar-refractivity contribution in [3.05, 3.63) is 83.9 Å². The van der Waals surface area contributed by atoms with Gasteiger partial charge in [-0.25, -0.2) is 19.4 Å². The summed E-state index contributed by atoms with van der Waals surface area (Å²) in [5.41, 5.74) is 0.892. The molecule has 0 N–H and O–H groups in total. The van der Waals surface area contributed by atoms with Crippen LogP contribution < -0.4 is 0 Å². The van der Waals surface area contributed by atoms with E-state index in [0.717, 1.165) is 17.5 Å². The highest BCUT2D eigenvalue weighted by atomic mass is 17.3. The minimum absolute atomic E-state index is 0.0424. The van der Waals surface area contributed by atoms with Crippen molar-refractivity contribution < 1.29 is 38.3 Å². The Balaban J connectivity index is 1.23. The number of benzene rings is 2. The van der Waals surface area contributed by atoms with Crippen LogP contribution in [0.15, 0.2) is 72.8 Å². The molecule has 0 amide bonds. The van der Waals surface area contributed by atoms with Crippen LogP contribution in [0.25, 0.3) is 12.2 Å². The van der Waals surface area contributed by atoms with Gasteiger partial charge in [0.2, 0.25) is 12.1 Å². The first-order chi connectivity index (χ1) is 19.8. The Morgan fingerprint density at radius 2 is 1.44 bits per heavy atom. The molecule has 2 bridgehead atoms. The van der Waals surface area contributed by atoms with E-state index in [4.69, 9.17) is 28.7 Å². The van der Waals surface area contributed by atoms with Gasteiger partial charge in [-0.15, -0.1) is 0 Å². The van der Waals surface area contributed by atoms with Crippen LogP contribution in [0.5, 0.6) is 0 Å². The summed E-state index contributed by atoms with van der Waals surface area (Å²) in [4.78, 5) is 37.9. The van der Waals surface area contributed by atoms with Crippen molar-refractivity contribution in [3.8, 4) is 0 Å². The first-order valence-corrected chi connectivity index (χ1v) is 14.3. The molecule has 216 valence electrons. The second kappa shape index (κ2) is 11.2. The summed E-state index contributed by atoms with van der Waals surface area (Å²) in [7, 11) is 0. The van der Waals surface area contributed by atoms with Crippen molar-refractivity contribution in [2.75, 3.05) is 0 Å². The van der Waals surface area contributed by atoms with E-state index in [2.05, 4.69) is 6.92 Å². The van der Waals surface area contributed by atoms with Crippen molar-refractivity contribution in [2.24, 2.45) is 23.7 Å². The lowest BCUT2D eigenvalue weighted by Crippen LogP contribution is -2.72. The number of carbonyl (C=O) groups is 2. The molecular formula is C33H36O8. The molecule has 4 saturated heterocycles. The van der Waals surface area contributed by atoms with Gasteiger partial charge in [0.25, 0.3) is 0 Å². The Kier molecular flexibility index (Phi) is 7.59. The van der Waals surface area contributed by atoms with Gasteiger partial charge >= 0.3 is 11.9 Å². The monoisotopic (exact) mass is 560 g/mol. The molecule has 5 aliphatic rings. The van der Waals surface area contributed by atoms with Crippen molar-refractivity contribution in [2.45, 2.75) is 70.1 Å². The van der Waals surface area contributed by atoms with Gasteiger partial charge in [-0.2, -0.15) is 0 Å². The molecule has 9 atom stereocenters. The van der Waals surface area contributed by atoms with Crippen molar-refractivity contribution in [3.63, 3.8) is 0 Å². The number of rotatable bonds is 6. The van der Waals surface area contributed by atoms with Crippen molar-refractivity contribution in [1.82, 2.24) is 0 Å². The molecular weight excluding hydrogens is 524 g/mol. The topological polar surface area (TPSA) is 89.5 Å². The molecule has 8 nitrogen and oxygen atoms in total. The summed E-state index contributed by atoms with van der Waals surface area (Å²) in [6.07, 6.45) is 6.09. The fraction of sp³-hybridized carbons (Fsp3) is 0.455. The van der Waals surface area contributed by atoms with Crippen molar-refractivity contribution >= 4 is 24.1 Å². The molecule has 8 heteroatoms. The predicted molar refractivity (Wildman–Crippen MR) is 149 cm³/mol. The average Bonchev–Trinajstić information content (AvgIpc) is 3.21. The highest BCUT2D eigenvalue weighted by Crippen LogP contribution is 2.61. The Labute approximate surface area is 240 Å². The molecule has 0 unspecified atom stereocenters. The fourth-order valence-corrected chi connectivity index (χ4v) is 6.90. The van der Waals surface area contributed by atoms with Crippen LogP contribution >= 0.6 is 0 Å². The van der Waals surface area contributed by atoms with Crippen LogP contribution in [0.1, 0.15) is 51.2 Å².